The Balaban J connectivity index is 3.39. The van der Waals surface area contributed by atoms with Gasteiger partial charge in [0, 0.05) is 11.2 Å². The molecule has 8 N–H and O–H groups in total. The average molecular weight is 286 g/mol. The second-order valence-electron chi connectivity index (χ2n) is 3.42. The van der Waals surface area contributed by atoms with E-state index in [4.69, 9.17) is 37.0 Å². The van der Waals surface area contributed by atoms with Crippen LogP contribution in [0, 0.1) is 15.6 Å². The van der Waals surface area contributed by atoms with E-state index in [1.165, 1.54) is 0 Å². The topological polar surface area (TPSA) is 232 Å². The zero-order valence-corrected chi connectivity index (χ0v) is 8.88. The van der Waals surface area contributed by atoms with E-state index >= 15 is 0 Å². The van der Waals surface area contributed by atoms with Gasteiger partial charge in [-0.2, -0.15) is 31.2 Å². The summed E-state index contributed by atoms with van der Waals surface area (Å²) in [6.45, 7) is 0. The lowest BCUT2D eigenvalue weighted by molar-refractivity contribution is -1.33. The van der Waals surface area contributed by atoms with Gasteiger partial charge in [0.15, 0.2) is 0 Å². The predicted octanol–water partition coefficient (Wildman–Crippen LogP) is -2.02. The molecule has 110 valence electrons. The van der Waals surface area contributed by atoms with Gasteiger partial charge >= 0.3 is 11.7 Å². The zero-order valence-electron chi connectivity index (χ0n) is 8.88. The smallest absolute Gasteiger partial charge is 0.448 e. The normalized spacial score (nSPS) is 25.6. The third-order valence-electron chi connectivity index (χ3n) is 1.99. The molecule has 0 aromatic rings. The fraction of sp³-hybridized carbons (Fsp3) is 0.250. The highest BCUT2D eigenvalue weighted by Crippen LogP contribution is 2.28. The number of nitrogens with zero attached hydrogens (tertiary/aromatic N) is 5. The summed E-state index contributed by atoms with van der Waals surface area (Å²) < 4.78 is 0. The van der Waals surface area contributed by atoms with Crippen LogP contribution in [0.25, 0.3) is 0 Å². The second kappa shape index (κ2) is 4.09. The molecule has 0 aromatic carbocycles. The van der Waals surface area contributed by atoms with Crippen molar-refractivity contribution in [3.63, 3.8) is 0 Å². The van der Waals surface area contributed by atoms with Gasteiger partial charge in [0.2, 0.25) is 0 Å². The quantitative estimate of drug-likeness (QED) is 0.166. The fourth-order valence-electron chi connectivity index (χ4n) is 1.14. The molecule has 0 aromatic heterocycles. The Morgan fingerprint density at radius 1 is 1.11 bits per heavy atom. The number of hydrogen-bond acceptors (Lipinski definition) is 12. The van der Waals surface area contributed by atoms with Crippen LogP contribution in [-0.4, -0.2) is 63.0 Å². The molecule has 1 unspecified atom stereocenters. The largest absolute Gasteiger partial charge is 0.560 e. The van der Waals surface area contributed by atoms with Gasteiger partial charge in [-0.05, 0) is 9.95 Å². The first kappa shape index (κ1) is 15.7. The Kier molecular flexibility index (Phi) is 3.39. The lowest BCUT2D eigenvalue weighted by Crippen LogP contribution is -2.76. The van der Waals surface area contributed by atoms with Crippen molar-refractivity contribution in [1.82, 2.24) is 5.01 Å². The molecule has 0 radical (unpaired) electrons. The summed E-state index contributed by atoms with van der Waals surface area (Å²) in [5, 5.41) is 80.9. The maximum atomic E-state index is 11.0. The standard InChI is InChI=1S/C4H10N6O9/c5-4(9(14,15)16)6-3(8(11,12)13)1-2-7(4)10(17,18)19/h1-2,11-12,14-15,17-18H,5H2. The van der Waals surface area contributed by atoms with Crippen molar-refractivity contribution >= 4 is 5.84 Å². The Morgan fingerprint density at radius 2 is 1.58 bits per heavy atom. The lowest BCUT2D eigenvalue weighted by atomic mass is 10.4. The molecule has 15 nitrogen and oxygen atoms in total. The average Bonchev–Trinajstić information content (AvgIpc) is 2.12. The van der Waals surface area contributed by atoms with Crippen LogP contribution in [0.1, 0.15) is 0 Å². The van der Waals surface area contributed by atoms with Crippen LogP contribution in [0.3, 0.4) is 0 Å². The molecule has 1 aliphatic rings. The number of rotatable bonds is 2. The van der Waals surface area contributed by atoms with E-state index in [2.05, 4.69) is 4.99 Å². The highest BCUT2D eigenvalue weighted by molar-refractivity contribution is 5.87. The third kappa shape index (κ3) is 2.83. The van der Waals surface area contributed by atoms with Gasteiger partial charge < -0.3 is 15.6 Å². The summed E-state index contributed by atoms with van der Waals surface area (Å²) in [4.78, 5) is -4.11. The van der Waals surface area contributed by atoms with Crippen LogP contribution < -0.4 is 5.73 Å². The summed E-state index contributed by atoms with van der Waals surface area (Å²) in [6, 6.07) is 0. The Labute approximate surface area is 103 Å². The van der Waals surface area contributed by atoms with E-state index < -0.39 is 31.8 Å². The molecule has 0 fully saturated rings. The summed E-state index contributed by atoms with van der Waals surface area (Å²) in [7, 11) is 0. The number of amidine groups is 1. The molecule has 15 heteroatoms. The van der Waals surface area contributed by atoms with Crippen molar-refractivity contribution < 1.29 is 46.3 Å². The van der Waals surface area contributed by atoms with Crippen molar-refractivity contribution in [2.75, 3.05) is 0 Å². The maximum Gasteiger partial charge on any atom is 0.448 e. The monoisotopic (exact) mass is 286 g/mol. The molecule has 0 amide bonds. The van der Waals surface area contributed by atoms with Gasteiger partial charge in [-0.3, -0.25) is 0 Å². The first-order chi connectivity index (χ1) is 8.19. The fourth-order valence-corrected chi connectivity index (χ4v) is 1.14. The number of hydrogen-bond donors (Lipinski definition) is 7. The molecular weight excluding hydrogens is 276 g/mol. The molecule has 0 spiro atoms. The molecule has 1 atom stereocenters. The summed E-state index contributed by atoms with van der Waals surface area (Å²) in [5.41, 5.74) is 4.99. The van der Waals surface area contributed by atoms with Gasteiger partial charge in [0.05, 0.1) is 6.20 Å². The molecule has 0 bridgehead atoms. The highest BCUT2D eigenvalue weighted by Gasteiger charge is 2.59. The second-order valence-corrected chi connectivity index (χ2v) is 3.42. The number of hydroxylamine groups is 6. The van der Waals surface area contributed by atoms with E-state index in [-0.39, 0.29) is 6.20 Å². The SMILES string of the molecule is NC1([N+]([O-])(O)O)N=C([N+]([O-])(O)O)C=CN1[N+]([O-])(O)O. The maximum absolute atomic E-state index is 11.0. The zero-order chi connectivity index (χ0) is 15.3. The first-order valence-electron chi connectivity index (χ1n) is 4.23. The molecule has 1 rings (SSSR count). The summed E-state index contributed by atoms with van der Waals surface area (Å²) in [6.07, 6.45) is 0.551. The van der Waals surface area contributed by atoms with Gasteiger partial charge in [-0.1, -0.05) is 5.01 Å². The Bertz CT molecular complexity index is 416. The predicted molar refractivity (Wildman–Crippen MR) is 46.9 cm³/mol. The molecule has 1 heterocycles. The van der Waals surface area contributed by atoms with Gasteiger partial charge in [0.25, 0.3) is 0 Å². The minimum Gasteiger partial charge on any atom is -0.560 e. The van der Waals surface area contributed by atoms with Crippen LogP contribution in [0.4, 0.5) is 0 Å². The van der Waals surface area contributed by atoms with Crippen molar-refractivity contribution in [1.29, 1.82) is 0 Å². The van der Waals surface area contributed by atoms with Crippen LogP contribution in [0.15, 0.2) is 17.3 Å². The number of quaternary nitrogens is 3. The van der Waals surface area contributed by atoms with Crippen LogP contribution in [0.2, 0.25) is 0 Å². The van der Waals surface area contributed by atoms with Crippen LogP contribution >= 0.6 is 0 Å². The van der Waals surface area contributed by atoms with Gasteiger partial charge in [-0.25, -0.2) is 5.73 Å². The van der Waals surface area contributed by atoms with Crippen LogP contribution in [0.5, 0.6) is 0 Å². The van der Waals surface area contributed by atoms with Gasteiger partial charge in [-0.15, -0.1) is 4.99 Å². The minimum absolute atomic E-state index is 0.198. The Morgan fingerprint density at radius 3 is 1.89 bits per heavy atom. The van der Waals surface area contributed by atoms with Crippen molar-refractivity contribution in [2.45, 2.75) is 5.91 Å². The van der Waals surface area contributed by atoms with E-state index in [0.717, 1.165) is 0 Å². The van der Waals surface area contributed by atoms with E-state index in [1.807, 2.05) is 0 Å². The minimum atomic E-state index is -3.61. The first-order valence-corrected chi connectivity index (χ1v) is 4.23. The highest BCUT2D eigenvalue weighted by atomic mass is 17.1. The molecular formula is C4H10N6O9. The molecule has 19 heavy (non-hydrogen) atoms. The Hall–Kier alpha value is -1.31. The molecule has 0 aliphatic carbocycles. The van der Waals surface area contributed by atoms with E-state index in [9.17, 15) is 15.6 Å². The number of nitrogens with two attached hydrogens (primary N) is 1. The van der Waals surface area contributed by atoms with Crippen molar-refractivity contribution in [3.05, 3.63) is 27.9 Å². The van der Waals surface area contributed by atoms with E-state index in [0.29, 0.717) is 6.08 Å². The summed E-state index contributed by atoms with van der Waals surface area (Å²) in [5.74, 6) is -4.96. The molecule has 1 aliphatic heterocycles. The van der Waals surface area contributed by atoms with Crippen LogP contribution in [-0.2, 0) is 0 Å². The van der Waals surface area contributed by atoms with Crippen molar-refractivity contribution in [3.8, 4) is 0 Å². The molecule has 0 saturated carbocycles. The lowest BCUT2D eigenvalue weighted by Gasteiger charge is -2.46. The third-order valence-corrected chi connectivity index (χ3v) is 1.99. The van der Waals surface area contributed by atoms with Gasteiger partial charge in [0.1, 0.15) is 0 Å². The number of aliphatic imine (C=N–C) groups is 1. The molecule has 0 saturated heterocycles. The van der Waals surface area contributed by atoms with E-state index in [1.54, 1.807) is 0 Å². The summed E-state index contributed by atoms with van der Waals surface area (Å²) >= 11 is 0. The van der Waals surface area contributed by atoms with Crippen molar-refractivity contribution in [2.24, 2.45) is 10.7 Å².